The first kappa shape index (κ1) is 13.1. The van der Waals surface area contributed by atoms with E-state index in [0.29, 0.717) is 6.61 Å². The molecule has 1 saturated heterocycles. The van der Waals surface area contributed by atoms with E-state index in [1.54, 1.807) is 11.1 Å². The summed E-state index contributed by atoms with van der Waals surface area (Å²) in [5, 5.41) is 1.05. The van der Waals surface area contributed by atoms with E-state index >= 15 is 0 Å². The van der Waals surface area contributed by atoms with Crippen LogP contribution >= 0.6 is 0 Å². The number of nitrogens with zero attached hydrogens (tertiary/aromatic N) is 2. The van der Waals surface area contributed by atoms with E-state index in [2.05, 4.69) is 4.98 Å². The number of hydrogen-bond acceptors (Lipinski definition) is 3. The fourth-order valence-electron chi connectivity index (χ4n) is 2.69. The number of pyridine rings is 1. The van der Waals surface area contributed by atoms with E-state index in [-0.39, 0.29) is 11.8 Å². The highest BCUT2D eigenvalue weighted by Crippen LogP contribution is 2.26. The highest BCUT2D eigenvalue weighted by molar-refractivity contribution is 6.02. The van der Waals surface area contributed by atoms with Crippen LogP contribution in [0.3, 0.4) is 0 Å². The Morgan fingerprint density at radius 3 is 3.00 bits per heavy atom. The number of rotatable bonds is 2. The molecule has 0 N–H and O–H groups in total. The quantitative estimate of drug-likeness (QED) is 0.842. The van der Waals surface area contributed by atoms with Gasteiger partial charge in [-0.15, -0.1) is 0 Å². The molecule has 4 nitrogen and oxygen atoms in total. The molecular formula is C16H18N2O2. The molecule has 1 aromatic carbocycles. The van der Waals surface area contributed by atoms with Crippen LogP contribution in [-0.2, 0) is 9.53 Å². The average molecular weight is 270 g/mol. The van der Waals surface area contributed by atoms with Gasteiger partial charge in [-0.2, -0.15) is 0 Å². The highest BCUT2D eigenvalue weighted by atomic mass is 16.5. The molecule has 1 aliphatic heterocycles. The van der Waals surface area contributed by atoms with Crippen LogP contribution in [0, 0.1) is 5.92 Å². The Balaban J connectivity index is 1.91. The van der Waals surface area contributed by atoms with Gasteiger partial charge in [0.25, 0.3) is 0 Å². The Morgan fingerprint density at radius 2 is 2.20 bits per heavy atom. The lowest BCUT2D eigenvalue weighted by atomic mass is 10.0. The van der Waals surface area contributed by atoms with E-state index in [1.807, 2.05) is 37.4 Å². The van der Waals surface area contributed by atoms with Crippen LogP contribution in [0.25, 0.3) is 10.9 Å². The van der Waals surface area contributed by atoms with Crippen LogP contribution in [0.2, 0.25) is 0 Å². The second-order valence-corrected chi connectivity index (χ2v) is 5.16. The number of hydrogen-bond donors (Lipinski definition) is 0. The van der Waals surface area contributed by atoms with Gasteiger partial charge in [0.15, 0.2) is 0 Å². The monoisotopic (exact) mass is 270 g/mol. The van der Waals surface area contributed by atoms with Crippen LogP contribution in [0.1, 0.15) is 12.8 Å². The summed E-state index contributed by atoms with van der Waals surface area (Å²) in [7, 11) is 1.82. The number of ether oxygens (including phenoxy) is 1. The highest BCUT2D eigenvalue weighted by Gasteiger charge is 2.26. The summed E-state index contributed by atoms with van der Waals surface area (Å²) in [6.45, 7) is 1.30. The van der Waals surface area contributed by atoms with Gasteiger partial charge in [0.1, 0.15) is 0 Å². The third kappa shape index (κ3) is 2.39. The Bertz CT molecular complexity index is 615. The lowest BCUT2D eigenvalue weighted by Gasteiger charge is -2.27. The average Bonchev–Trinajstić information content (AvgIpc) is 2.54. The predicted octanol–water partition coefficient (Wildman–Crippen LogP) is 2.62. The van der Waals surface area contributed by atoms with Gasteiger partial charge < -0.3 is 9.64 Å². The maximum absolute atomic E-state index is 12.6. The summed E-state index contributed by atoms with van der Waals surface area (Å²) in [5.41, 5.74) is 1.72. The molecule has 1 atom stereocenters. The zero-order valence-corrected chi connectivity index (χ0v) is 11.6. The summed E-state index contributed by atoms with van der Waals surface area (Å²) in [5.74, 6) is 0.0792. The number of aromatic nitrogens is 1. The second-order valence-electron chi connectivity index (χ2n) is 5.16. The van der Waals surface area contributed by atoms with Crippen LogP contribution in [0.4, 0.5) is 5.69 Å². The molecule has 104 valence electrons. The molecule has 1 aliphatic rings. The fraction of sp³-hybridized carbons (Fsp3) is 0.375. The van der Waals surface area contributed by atoms with Crippen LogP contribution < -0.4 is 4.90 Å². The summed E-state index contributed by atoms with van der Waals surface area (Å²) < 4.78 is 5.41. The predicted molar refractivity (Wildman–Crippen MR) is 78.7 cm³/mol. The van der Waals surface area contributed by atoms with Gasteiger partial charge in [-0.3, -0.25) is 9.78 Å². The van der Waals surface area contributed by atoms with E-state index in [9.17, 15) is 4.79 Å². The van der Waals surface area contributed by atoms with Gasteiger partial charge in [-0.25, -0.2) is 0 Å². The molecular weight excluding hydrogens is 252 g/mol. The van der Waals surface area contributed by atoms with Crippen molar-refractivity contribution in [2.24, 2.45) is 5.92 Å². The molecule has 1 fully saturated rings. The first-order valence-corrected chi connectivity index (χ1v) is 6.96. The van der Waals surface area contributed by atoms with Crippen LogP contribution in [-0.4, -0.2) is 31.2 Å². The molecule has 20 heavy (non-hydrogen) atoms. The van der Waals surface area contributed by atoms with Gasteiger partial charge in [-0.05, 0) is 25.0 Å². The van der Waals surface area contributed by atoms with E-state index in [0.717, 1.165) is 36.0 Å². The number of carbonyl (C=O) groups excluding carboxylic acids is 1. The summed E-state index contributed by atoms with van der Waals surface area (Å²) in [6.07, 6.45) is 3.62. The molecule has 1 aromatic heterocycles. The number of benzene rings is 1. The lowest BCUT2D eigenvalue weighted by molar-refractivity contribution is -0.125. The molecule has 1 amide bonds. The van der Waals surface area contributed by atoms with Crippen molar-refractivity contribution in [2.45, 2.75) is 12.8 Å². The van der Waals surface area contributed by atoms with Gasteiger partial charge in [0.05, 0.1) is 23.7 Å². The molecule has 4 heteroatoms. The zero-order chi connectivity index (χ0) is 13.9. The van der Waals surface area contributed by atoms with Crippen LogP contribution in [0.5, 0.6) is 0 Å². The zero-order valence-electron chi connectivity index (χ0n) is 11.6. The normalized spacial score (nSPS) is 18.9. The topological polar surface area (TPSA) is 42.4 Å². The van der Waals surface area contributed by atoms with E-state index < -0.39 is 0 Å². The van der Waals surface area contributed by atoms with Crippen molar-refractivity contribution >= 4 is 22.5 Å². The largest absolute Gasteiger partial charge is 0.381 e. The smallest absolute Gasteiger partial charge is 0.232 e. The van der Waals surface area contributed by atoms with Crippen molar-refractivity contribution in [3.8, 4) is 0 Å². The summed E-state index contributed by atoms with van der Waals surface area (Å²) >= 11 is 0. The SMILES string of the molecule is CN(C(=O)[C@H]1CCCOC1)c1cccc2cccnc12. The van der Waals surface area contributed by atoms with Crippen molar-refractivity contribution in [3.05, 3.63) is 36.5 Å². The van der Waals surface area contributed by atoms with Gasteiger partial charge in [-0.1, -0.05) is 18.2 Å². The minimum atomic E-state index is -0.0345. The number of anilines is 1. The molecule has 0 radical (unpaired) electrons. The second kappa shape index (κ2) is 5.59. The summed E-state index contributed by atoms with van der Waals surface area (Å²) in [4.78, 5) is 18.7. The lowest BCUT2D eigenvalue weighted by Crippen LogP contribution is -2.37. The molecule has 0 bridgehead atoms. The van der Waals surface area contributed by atoms with E-state index in [1.165, 1.54) is 0 Å². The maximum Gasteiger partial charge on any atom is 0.232 e. The standard InChI is InChI=1S/C16H18N2O2/c1-18(16(19)13-7-4-10-20-11-13)14-8-2-5-12-6-3-9-17-15(12)14/h2-3,5-6,8-9,13H,4,7,10-11H2,1H3/t13-/m0/s1. The molecule has 3 rings (SSSR count). The van der Waals surface area contributed by atoms with Crippen molar-refractivity contribution in [1.82, 2.24) is 4.98 Å². The van der Waals surface area contributed by atoms with Gasteiger partial charge >= 0.3 is 0 Å². The Kier molecular flexibility index (Phi) is 3.65. The molecule has 2 aromatic rings. The number of amides is 1. The fourth-order valence-corrected chi connectivity index (χ4v) is 2.69. The Labute approximate surface area is 118 Å². The maximum atomic E-state index is 12.6. The first-order valence-electron chi connectivity index (χ1n) is 6.96. The van der Waals surface area contributed by atoms with Crippen molar-refractivity contribution in [1.29, 1.82) is 0 Å². The molecule has 2 heterocycles. The first-order chi connectivity index (χ1) is 9.77. The minimum Gasteiger partial charge on any atom is -0.381 e. The summed E-state index contributed by atoms with van der Waals surface area (Å²) in [6, 6.07) is 9.82. The Hall–Kier alpha value is -1.94. The third-order valence-electron chi connectivity index (χ3n) is 3.81. The molecule has 0 unspecified atom stereocenters. The third-order valence-corrected chi connectivity index (χ3v) is 3.81. The van der Waals surface area contributed by atoms with Crippen molar-refractivity contribution < 1.29 is 9.53 Å². The molecule has 0 saturated carbocycles. The number of fused-ring (bicyclic) bond motifs is 1. The van der Waals surface area contributed by atoms with Gasteiger partial charge in [0, 0.05) is 25.2 Å². The number of para-hydroxylation sites is 1. The van der Waals surface area contributed by atoms with E-state index in [4.69, 9.17) is 4.74 Å². The Morgan fingerprint density at radius 1 is 1.35 bits per heavy atom. The van der Waals surface area contributed by atoms with Crippen molar-refractivity contribution in [3.63, 3.8) is 0 Å². The van der Waals surface area contributed by atoms with Crippen LogP contribution in [0.15, 0.2) is 36.5 Å². The molecule has 0 spiro atoms. The number of carbonyl (C=O) groups is 1. The minimum absolute atomic E-state index is 0.0345. The van der Waals surface area contributed by atoms with Gasteiger partial charge in [0.2, 0.25) is 5.91 Å². The van der Waals surface area contributed by atoms with Crippen molar-refractivity contribution in [2.75, 3.05) is 25.2 Å². The molecule has 0 aliphatic carbocycles.